The van der Waals surface area contributed by atoms with Crippen LogP contribution in [0.2, 0.25) is 0 Å². The van der Waals surface area contributed by atoms with Crippen molar-refractivity contribution in [3.63, 3.8) is 0 Å². The van der Waals surface area contributed by atoms with Crippen LogP contribution in [-0.2, 0) is 18.6 Å². The second-order valence-electron chi connectivity index (χ2n) is 5.86. The second-order valence-corrected chi connectivity index (χ2v) is 6.97. The Morgan fingerprint density at radius 1 is 1.04 bits per heavy atom. The Morgan fingerprint density at radius 3 is 2.15 bits per heavy atom. The first-order chi connectivity index (χ1) is 11.3. The van der Waals surface area contributed by atoms with Crippen LogP contribution in [0.4, 0.5) is 0 Å². The van der Waals surface area contributed by atoms with Crippen molar-refractivity contribution < 1.29 is 103 Å². The van der Waals surface area contributed by atoms with E-state index in [1.54, 1.807) is 0 Å². The maximum atomic E-state index is 10.8. The van der Waals surface area contributed by atoms with Crippen molar-refractivity contribution in [1.82, 2.24) is 0 Å². The van der Waals surface area contributed by atoms with Gasteiger partial charge in [-0.3, -0.25) is 0 Å². The van der Waals surface area contributed by atoms with Crippen LogP contribution in [-0.4, -0.2) is 59.2 Å². The topological polar surface area (TPSA) is 152 Å². The third kappa shape index (κ3) is 11.2. The molecule has 0 aliphatic carbocycles. The molecule has 0 radical (unpaired) electrons. The van der Waals surface area contributed by atoms with E-state index in [0.29, 0.717) is 6.42 Å². The average Bonchev–Trinajstić information content (AvgIpc) is 2.51. The van der Waals surface area contributed by atoms with E-state index in [1.807, 2.05) is 0 Å². The number of ether oxygens (including phenoxy) is 2. The van der Waals surface area contributed by atoms with E-state index >= 15 is 0 Å². The van der Waals surface area contributed by atoms with E-state index in [2.05, 4.69) is 11.4 Å². The Bertz CT molecular complexity index is 399. The van der Waals surface area contributed by atoms with E-state index in [4.69, 9.17) is 14.6 Å². The summed E-state index contributed by atoms with van der Waals surface area (Å²) in [6.45, 7) is 1.72. The molecule has 0 amide bonds. The third-order valence-electron chi connectivity index (χ3n) is 3.86. The number of rotatable bonds is 11. The quantitative estimate of drug-likeness (QED) is 0.170. The van der Waals surface area contributed by atoms with Crippen molar-refractivity contribution in [3.05, 3.63) is 0 Å². The standard InChI is InChI=1S/C14H29O9P.2Na/c1-2-3-4-5-6-7-8-21-14-13(23-24(18,19)20)12(17)11(16)10(9-15)22-14;;/h10-17H,2-9H2,1H3,(H2,18,19,20);;/q;2*+1/p-2/t10-,11-,12+,13-,14-;;/m1../s1. The van der Waals surface area contributed by atoms with Crippen LogP contribution in [0.3, 0.4) is 0 Å². The molecular formula is C14H27Na2O9P. The molecule has 144 valence electrons. The molecule has 12 heteroatoms. The number of aliphatic hydroxyl groups excluding tert-OH is 3. The van der Waals surface area contributed by atoms with E-state index in [9.17, 15) is 24.6 Å². The molecule has 0 bridgehead atoms. The van der Waals surface area contributed by atoms with Gasteiger partial charge in [0.25, 0.3) is 0 Å². The zero-order valence-corrected chi connectivity index (χ0v) is 20.7. The van der Waals surface area contributed by atoms with Gasteiger partial charge in [0.2, 0.25) is 0 Å². The molecule has 1 aliphatic rings. The fourth-order valence-electron chi connectivity index (χ4n) is 2.53. The predicted molar refractivity (Wildman–Crippen MR) is 79.6 cm³/mol. The van der Waals surface area contributed by atoms with E-state index < -0.39 is 45.1 Å². The minimum Gasteiger partial charge on any atom is -0.790 e. The van der Waals surface area contributed by atoms with Gasteiger partial charge in [0.1, 0.15) is 24.4 Å². The van der Waals surface area contributed by atoms with Crippen LogP contribution in [0, 0.1) is 0 Å². The zero-order valence-electron chi connectivity index (χ0n) is 15.8. The normalized spacial score (nSPS) is 28.9. The van der Waals surface area contributed by atoms with Crippen LogP contribution in [0.1, 0.15) is 45.4 Å². The molecule has 0 aromatic heterocycles. The summed E-state index contributed by atoms with van der Waals surface area (Å²) in [7, 11) is -5.41. The smallest absolute Gasteiger partial charge is 0.790 e. The summed E-state index contributed by atoms with van der Waals surface area (Å²) in [5.74, 6) is 0. The summed E-state index contributed by atoms with van der Waals surface area (Å²) in [5, 5.41) is 28.8. The first-order valence-electron chi connectivity index (χ1n) is 8.24. The van der Waals surface area contributed by atoms with Gasteiger partial charge in [0.15, 0.2) is 6.29 Å². The number of aliphatic hydroxyl groups is 3. The summed E-state index contributed by atoms with van der Waals surface area (Å²) in [6, 6.07) is 0. The molecule has 0 saturated carbocycles. The molecule has 0 aromatic rings. The van der Waals surface area contributed by atoms with E-state index in [0.717, 1.165) is 32.1 Å². The molecule has 1 heterocycles. The maximum Gasteiger partial charge on any atom is 1.00 e. The average molecular weight is 416 g/mol. The monoisotopic (exact) mass is 416 g/mol. The molecule has 3 N–H and O–H groups in total. The van der Waals surface area contributed by atoms with Crippen molar-refractivity contribution in [3.8, 4) is 0 Å². The van der Waals surface area contributed by atoms with Gasteiger partial charge in [-0.15, -0.1) is 0 Å². The van der Waals surface area contributed by atoms with Gasteiger partial charge in [-0.2, -0.15) is 0 Å². The van der Waals surface area contributed by atoms with E-state index in [1.165, 1.54) is 0 Å². The van der Waals surface area contributed by atoms with Gasteiger partial charge < -0.3 is 43.7 Å². The maximum absolute atomic E-state index is 10.8. The first-order valence-corrected chi connectivity index (χ1v) is 9.70. The van der Waals surface area contributed by atoms with Gasteiger partial charge >= 0.3 is 59.1 Å². The number of phosphoric ester groups is 1. The largest absolute Gasteiger partial charge is 1.00 e. The summed E-state index contributed by atoms with van der Waals surface area (Å²) < 4.78 is 25.7. The van der Waals surface area contributed by atoms with Crippen molar-refractivity contribution in [2.24, 2.45) is 0 Å². The molecule has 0 aromatic carbocycles. The second kappa shape index (κ2) is 15.7. The predicted octanol–water partition coefficient (Wildman–Crippen LogP) is -6.98. The minimum absolute atomic E-state index is 0. The SMILES string of the molecule is CCCCCCCCO[C@@H]1O[C@H](CO)[C@@H](O)[C@H](O)[C@H]1OP(=O)([O-])[O-].[Na+].[Na+]. The van der Waals surface area contributed by atoms with E-state index in [-0.39, 0.29) is 65.7 Å². The van der Waals surface area contributed by atoms with Crippen molar-refractivity contribution >= 4 is 7.82 Å². The van der Waals surface area contributed by atoms with Gasteiger partial charge in [0, 0.05) is 6.61 Å². The van der Waals surface area contributed by atoms with Gasteiger partial charge in [-0.1, -0.05) is 39.0 Å². The third-order valence-corrected chi connectivity index (χ3v) is 4.36. The van der Waals surface area contributed by atoms with Gasteiger partial charge in [-0.25, -0.2) is 0 Å². The van der Waals surface area contributed by atoms with Crippen molar-refractivity contribution in [1.29, 1.82) is 0 Å². The van der Waals surface area contributed by atoms with Crippen molar-refractivity contribution in [2.75, 3.05) is 13.2 Å². The number of phosphoric acid groups is 1. The molecule has 1 rings (SSSR count). The minimum atomic E-state index is -5.41. The Labute approximate surface area is 198 Å². The Hall–Kier alpha value is 1.91. The van der Waals surface area contributed by atoms with Crippen LogP contribution in [0.15, 0.2) is 0 Å². The molecule has 0 spiro atoms. The molecule has 9 nitrogen and oxygen atoms in total. The fourth-order valence-corrected chi connectivity index (χ4v) is 3.06. The molecule has 1 fully saturated rings. The molecule has 0 unspecified atom stereocenters. The zero-order chi connectivity index (χ0) is 18.2. The number of hydrogen-bond donors (Lipinski definition) is 3. The summed E-state index contributed by atoms with van der Waals surface area (Å²) in [4.78, 5) is 21.6. The van der Waals surface area contributed by atoms with Gasteiger partial charge in [0.05, 0.1) is 14.4 Å². The molecule has 5 atom stereocenters. The first kappa shape index (κ1) is 30.1. The fraction of sp³-hybridized carbons (Fsp3) is 1.00. The Morgan fingerprint density at radius 2 is 1.62 bits per heavy atom. The number of hydrogen-bond acceptors (Lipinski definition) is 9. The Kier molecular flexibility index (Phi) is 18.2. The van der Waals surface area contributed by atoms with Gasteiger partial charge in [-0.05, 0) is 6.42 Å². The molecule has 1 aliphatic heterocycles. The molecule has 1 saturated heterocycles. The molecular weight excluding hydrogens is 389 g/mol. The molecule has 26 heavy (non-hydrogen) atoms. The van der Waals surface area contributed by atoms with Crippen LogP contribution in [0.5, 0.6) is 0 Å². The number of unbranched alkanes of at least 4 members (excludes halogenated alkanes) is 5. The van der Waals surface area contributed by atoms with Crippen LogP contribution >= 0.6 is 7.82 Å². The van der Waals surface area contributed by atoms with Crippen molar-refractivity contribution in [2.45, 2.75) is 76.2 Å². The summed E-state index contributed by atoms with van der Waals surface area (Å²) in [6.07, 6.45) is -1.48. The summed E-state index contributed by atoms with van der Waals surface area (Å²) >= 11 is 0. The van der Waals surface area contributed by atoms with Crippen LogP contribution < -0.4 is 68.9 Å². The summed E-state index contributed by atoms with van der Waals surface area (Å²) in [5.41, 5.74) is 0. The Balaban J connectivity index is 0. The van der Waals surface area contributed by atoms with Crippen LogP contribution in [0.25, 0.3) is 0 Å².